The Bertz CT molecular complexity index is 333. The van der Waals surface area contributed by atoms with Crippen LogP contribution in [0.3, 0.4) is 0 Å². The summed E-state index contributed by atoms with van der Waals surface area (Å²) in [5.74, 6) is -0.641. The zero-order valence-corrected chi connectivity index (χ0v) is 7.98. The van der Waals surface area contributed by atoms with Gasteiger partial charge in [0.15, 0.2) is 0 Å². The summed E-state index contributed by atoms with van der Waals surface area (Å²) in [5.41, 5.74) is 5.46. The number of hydrogen-bond acceptors (Lipinski definition) is 3. The lowest BCUT2D eigenvalue weighted by atomic mass is 10.3. The summed E-state index contributed by atoms with van der Waals surface area (Å²) < 4.78 is 0. The molecule has 0 aliphatic rings. The second-order valence-electron chi connectivity index (χ2n) is 2.43. The van der Waals surface area contributed by atoms with Crippen molar-refractivity contribution in [2.45, 2.75) is 13.3 Å². The van der Waals surface area contributed by atoms with Crippen molar-refractivity contribution in [2.75, 3.05) is 5.32 Å². The molecule has 1 aromatic heterocycles. The molecule has 5 heteroatoms. The highest BCUT2D eigenvalue weighted by atomic mass is 32.1. The molecule has 0 saturated carbocycles. The first-order valence-electron chi connectivity index (χ1n) is 3.82. The smallest absolute Gasteiger partial charge is 0.251 e. The number of primary amides is 1. The molecule has 0 atom stereocenters. The molecule has 1 rings (SSSR count). The van der Waals surface area contributed by atoms with Gasteiger partial charge in [0.25, 0.3) is 5.91 Å². The molecule has 4 nitrogen and oxygen atoms in total. The number of carbonyl (C=O) groups excluding carboxylic acids is 2. The standard InChI is InChI=1S/C8H10N2O2S/c1-2-6(11)10-8-5(7(9)12)3-4-13-8/h3-4H,2H2,1H3,(H2,9,12)(H,10,11). The largest absolute Gasteiger partial charge is 0.366 e. The topological polar surface area (TPSA) is 72.2 Å². The fourth-order valence-corrected chi connectivity index (χ4v) is 1.62. The highest BCUT2D eigenvalue weighted by Gasteiger charge is 2.10. The number of rotatable bonds is 3. The first-order chi connectivity index (χ1) is 6.15. The zero-order chi connectivity index (χ0) is 9.84. The van der Waals surface area contributed by atoms with E-state index in [2.05, 4.69) is 5.32 Å². The van der Waals surface area contributed by atoms with Crippen molar-refractivity contribution in [1.82, 2.24) is 0 Å². The lowest BCUT2D eigenvalue weighted by Gasteiger charge is -2.01. The maximum atomic E-state index is 11.0. The summed E-state index contributed by atoms with van der Waals surface area (Å²) >= 11 is 1.29. The molecule has 0 aliphatic heterocycles. The van der Waals surface area contributed by atoms with Gasteiger partial charge in [0.1, 0.15) is 5.00 Å². The molecule has 1 aromatic rings. The summed E-state index contributed by atoms with van der Waals surface area (Å²) in [6, 6.07) is 1.60. The Morgan fingerprint density at radius 2 is 2.31 bits per heavy atom. The van der Waals surface area contributed by atoms with Gasteiger partial charge in [-0.25, -0.2) is 0 Å². The van der Waals surface area contributed by atoms with Crippen molar-refractivity contribution >= 4 is 28.2 Å². The summed E-state index contributed by atoms with van der Waals surface area (Å²) in [6.45, 7) is 1.74. The average Bonchev–Trinajstić information content (AvgIpc) is 2.52. The summed E-state index contributed by atoms with van der Waals surface area (Å²) in [4.78, 5) is 21.8. The zero-order valence-electron chi connectivity index (χ0n) is 7.16. The quantitative estimate of drug-likeness (QED) is 0.765. The Hall–Kier alpha value is -1.36. The number of nitrogens with one attached hydrogen (secondary N) is 1. The Kier molecular flexibility index (Phi) is 3.02. The van der Waals surface area contributed by atoms with Gasteiger partial charge in [-0.2, -0.15) is 0 Å². The van der Waals surface area contributed by atoms with Crippen LogP contribution in [0.5, 0.6) is 0 Å². The number of anilines is 1. The minimum atomic E-state index is -0.521. The molecule has 0 saturated heterocycles. The third-order valence-corrected chi connectivity index (χ3v) is 2.33. The lowest BCUT2D eigenvalue weighted by Crippen LogP contribution is -2.15. The van der Waals surface area contributed by atoms with E-state index < -0.39 is 5.91 Å². The molecule has 3 N–H and O–H groups in total. The molecule has 0 aromatic carbocycles. The number of thiophene rings is 1. The Morgan fingerprint density at radius 3 is 2.85 bits per heavy atom. The monoisotopic (exact) mass is 198 g/mol. The van der Waals surface area contributed by atoms with E-state index in [1.165, 1.54) is 11.3 Å². The molecular formula is C8H10N2O2S. The van der Waals surface area contributed by atoms with Crippen LogP contribution in [0.2, 0.25) is 0 Å². The van der Waals surface area contributed by atoms with Gasteiger partial charge in [-0.05, 0) is 11.4 Å². The summed E-state index contributed by atoms with van der Waals surface area (Å²) in [5, 5.41) is 4.84. The van der Waals surface area contributed by atoms with Crippen LogP contribution in [0.15, 0.2) is 11.4 Å². The van der Waals surface area contributed by atoms with E-state index >= 15 is 0 Å². The average molecular weight is 198 g/mol. The van der Waals surface area contributed by atoms with Gasteiger partial charge in [-0.1, -0.05) is 6.92 Å². The molecule has 0 radical (unpaired) electrons. The Balaban J connectivity index is 2.82. The minimum absolute atomic E-state index is 0.120. The molecule has 0 unspecified atom stereocenters. The second-order valence-corrected chi connectivity index (χ2v) is 3.35. The number of hydrogen-bond donors (Lipinski definition) is 2. The number of nitrogens with two attached hydrogens (primary N) is 1. The van der Waals surface area contributed by atoms with Gasteiger partial charge in [0.2, 0.25) is 5.91 Å². The Morgan fingerprint density at radius 1 is 1.62 bits per heavy atom. The maximum Gasteiger partial charge on any atom is 0.251 e. The third kappa shape index (κ3) is 2.29. The molecule has 0 bridgehead atoms. The maximum absolute atomic E-state index is 11.0. The first kappa shape index (κ1) is 9.73. The van der Waals surface area contributed by atoms with Crippen LogP contribution in [-0.4, -0.2) is 11.8 Å². The third-order valence-electron chi connectivity index (χ3n) is 1.50. The van der Waals surface area contributed by atoms with Crippen molar-refractivity contribution in [2.24, 2.45) is 5.73 Å². The molecule has 70 valence electrons. The minimum Gasteiger partial charge on any atom is -0.366 e. The van der Waals surface area contributed by atoms with Crippen LogP contribution < -0.4 is 11.1 Å². The molecule has 0 fully saturated rings. The van der Waals surface area contributed by atoms with Crippen LogP contribution in [0.25, 0.3) is 0 Å². The van der Waals surface area contributed by atoms with E-state index in [0.717, 1.165) is 0 Å². The highest BCUT2D eigenvalue weighted by molar-refractivity contribution is 7.14. The van der Waals surface area contributed by atoms with Crippen molar-refractivity contribution in [3.8, 4) is 0 Å². The molecule has 0 spiro atoms. The van der Waals surface area contributed by atoms with E-state index in [4.69, 9.17) is 5.73 Å². The van der Waals surface area contributed by atoms with Gasteiger partial charge >= 0.3 is 0 Å². The van der Waals surface area contributed by atoms with Crippen molar-refractivity contribution in [3.05, 3.63) is 17.0 Å². The van der Waals surface area contributed by atoms with E-state index in [9.17, 15) is 9.59 Å². The van der Waals surface area contributed by atoms with E-state index in [1.807, 2.05) is 0 Å². The van der Waals surface area contributed by atoms with Crippen molar-refractivity contribution in [3.63, 3.8) is 0 Å². The van der Waals surface area contributed by atoms with Gasteiger partial charge in [0, 0.05) is 6.42 Å². The fraction of sp³-hybridized carbons (Fsp3) is 0.250. The van der Waals surface area contributed by atoms with E-state index in [1.54, 1.807) is 18.4 Å². The second kappa shape index (κ2) is 4.04. The summed E-state index contributed by atoms with van der Waals surface area (Å²) in [7, 11) is 0. The van der Waals surface area contributed by atoms with Crippen LogP contribution in [0.1, 0.15) is 23.7 Å². The molecule has 2 amide bonds. The highest BCUT2D eigenvalue weighted by Crippen LogP contribution is 2.22. The van der Waals surface area contributed by atoms with Crippen LogP contribution >= 0.6 is 11.3 Å². The first-order valence-corrected chi connectivity index (χ1v) is 4.70. The molecule has 1 heterocycles. The number of amides is 2. The normalized spacial score (nSPS) is 9.62. The van der Waals surface area contributed by atoms with E-state index in [-0.39, 0.29) is 5.91 Å². The van der Waals surface area contributed by atoms with Crippen molar-refractivity contribution < 1.29 is 9.59 Å². The van der Waals surface area contributed by atoms with E-state index in [0.29, 0.717) is 17.0 Å². The van der Waals surface area contributed by atoms with Crippen LogP contribution in [0, 0.1) is 0 Å². The SMILES string of the molecule is CCC(=O)Nc1sccc1C(N)=O. The Labute approximate surface area is 79.7 Å². The van der Waals surface area contributed by atoms with Crippen LogP contribution in [-0.2, 0) is 4.79 Å². The van der Waals surface area contributed by atoms with Gasteiger partial charge < -0.3 is 11.1 Å². The molecular weight excluding hydrogens is 188 g/mol. The lowest BCUT2D eigenvalue weighted by molar-refractivity contribution is -0.115. The fourth-order valence-electron chi connectivity index (χ4n) is 0.815. The predicted octanol–water partition coefficient (Wildman–Crippen LogP) is 1.20. The van der Waals surface area contributed by atoms with Crippen molar-refractivity contribution in [1.29, 1.82) is 0 Å². The van der Waals surface area contributed by atoms with Crippen LogP contribution in [0.4, 0.5) is 5.00 Å². The van der Waals surface area contributed by atoms with Gasteiger partial charge in [-0.15, -0.1) is 11.3 Å². The number of carbonyl (C=O) groups is 2. The van der Waals surface area contributed by atoms with Gasteiger partial charge in [0.05, 0.1) is 5.56 Å². The summed E-state index contributed by atoms with van der Waals surface area (Å²) in [6.07, 6.45) is 0.385. The molecule has 0 aliphatic carbocycles. The molecule has 13 heavy (non-hydrogen) atoms. The predicted molar refractivity (Wildman–Crippen MR) is 51.8 cm³/mol. The van der Waals surface area contributed by atoms with Gasteiger partial charge in [-0.3, -0.25) is 9.59 Å².